The number of alkyl halides is 6. The third-order valence-electron chi connectivity index (χ3n) is 5.22. The van der Waals surface area contributed by atoms with Gasteiger partial charge in [-0.05, 0) is 34.9 Å². The second-order valence-corrected chi connectivity index (χ2v) is 6.95. The van der Waals surface area contributed by atoms with Crippen molar-refractivity contribution >= 4 is 17.9 Å². The molecular weight excluding hydrogens is 450 g/mol. The van der Waals surface area contributed by atoms with E-state index in [9.17, 15) is 40.7 Å². The van der Waals surface area contributed by atoms with Crippen molar-refractivity contribution in [1.82, 2.24) is 0 Å². The zero-order valence-corrected chi connectivity index (χ0v) is 15.6. The molecule has 32 heavy (non-hydrogen) atoms. The molecule has 0 bridgehead atoms. The molecule has 2 aliphatic heterocycles. The van der Waals surface area contributed by atoms with Crippen LogP contribution in [0.2, 0.25) is 0 Å². The van der Waals surface area contributed by atoms with Gasteiger partial charge >= 0.3 is 30.3 Å². The average Bonchev–Trinajstić information content (AvgIpc) is 2.85. The van der Waals surface area contributed by atoms with Crippen LogP contribution in [0, 0.1) is 0 Å². The van der Waals surface area contributed by atoms with Crippen LogP contribution in [-0.4, -0.2) is 37.1 Å². The third-order valence-corrected chi connectivity index (χ3v) is 5.22. The SMILES string of the molecule is O=C1OCOCc2ccc(C(c3ccc4c(c3)C(=O)OC4=O)(C(F)(F)F)C(F)(F)F)cc21. The number of ether oxygens (including phenoxy) is 3. The van der Waals surface area contributed by atoms with Crippen LogP contribution in [0.5, 0.6) is 0 Å². The predicted octanol–water partition coefficient (Wildman–Crippen LogP) is 4.05. The van der Waals surface area contributed by atoms with Gasteiger partial charge in [0.1, 0.15) is 0 Å². The van der Waals surface area contributed by atoms with E-state index < -0.39 is 70.3 Å². The van der Waals surface area contributed by atoms with Crippen molar-refractivity contribution in [1.29, 1.82) is 0 Å². The summed E-state index contributed by atoms with van der Waals surface area (Å²) in [5.74, 6) is -3.71. The van der Waals surface area contributed by atoms with E-state index in [1.165, 1.54) is 0 Å². The summed E-state index contributed by atoms with van der Waals surface area (Å²) in [5.41, 5.74) is -9.00. The first-order valence-corrected chi connectivity index (χ1v) is 8.80. The number of halogens is 6. The lowest BCUT2D eigenvalue weighted by atomic mass is 9.71. The summed E-state index contributed by atoms with van der Waals surface area (Å²) < 4.78 is 99.8. The number of carbonyl (C=O) groups excluding carboxylic acids is 3. The van der Waals surface area contributed by atoms with Gasteiger partial charge < -0.3 is 14.2 Å². The van der Waals surface area contributed by atoms with Crippen molar-refractivity contribution in [3.05, 3.63) is 69.8 Å². The lowest BCUT2D eigenvalue weighted by Crippen LogP contribution is -2.55. The fourth-order valence-electron chi connectivity index (χ4n) is 3.75. The van der Waals surface area contributed by atoms with Crippen LogP contribution in [0.4, 0.5) is 26.3 Å². The van der Waals surface area contributed by atoms with Gasteiger partial charge in [-0.3, -0.25) is 0 Å². The van der Waals surface area contributed by atoms with Crippen molar-refractivity contribution < 1.29 is 54.9 Å². The highest BCUT2D eigenvalue weighted by molar-refractivity contribution is 6.14. The fraction of sp³-hybridized carbons (Fsp3) is 0.250. The molecule has 0 radical (unpaired) electrons. The van der Waals surface area contributed by atoms with Crippen LogP contribution in [0.3, 0.4) is 0 Å². The second-order valence-electron chi connectivity index (χ2n) is 6.95. The molecule has 0 saturated heterocycles. The van der Waals surface area contributed by atoms with Crippen LogP contribution in [0.15, 0.2) is 36.4 Å². The number of fused-ring (bicyclic) bond motifs is 2. The first-order chi connectivity index (χ1) is 14.9. The summed E-state index contributed by atoms with van der Waals surface area (Å²) in [4.78, 5) is 35.5. The Kier molecular flexibility index (Phi) is 4.81. The Labute approximate surface area is 174 Å². The van der Waals surface area contributed by atoms with Gasteiger partial charge in [0.05, 0.1) is 23.3 Å². The number of cyclic esters (lactones) is 3. The smallest absolute Gasteiger partial charge is 0.411 e. The molecule has 0 saturated carbocycles. The molecule has 168 valence electrons. The molecule has 12 heteroatoms. The Bertz CT molecular complexity index is 1140. The standard InChI is InChI=1S/C20H10F6O6/c21-19(22,23)18(20(24,25)26,11-3-4-12-14(6-11)17(29)32-16(12)28)10-2-1-9-7-30-8-31-15(27)13(9)5-10/h1-6H,7-8H2. The highest BCUT2D eigenvalue weighted by Gasteiger charge is 2.72. The Balaban J connectivity index is 2.04. The van der Waals surface area contributed by atoms with E-state index in [2.05, 4.69) is 9.47 Å². The Morgan fingerprint density at radius 3 is 1.88 bits per heavy atom. The molecule has 2 heterocycles. The van der Waals surface area contributed by atoms with E-state index in [0.29, 0.717) is 30.3 Å². The Morgan fingerprint density at radius 2 is 1.25 bits per heavy atom. The van der Waals surface area contributed by atoms with Gasteiger partial charge in [-0.1, -0.05) is 18.2 Å². The summed E-state index contributed by atoms with van der Waals surface area (Å²) >= 11 is 0. The molecule has 0 N–H and O–H groups in total. The Morgan fingerprint density at radius 1 is 0.688 bits per heavy atom. The minimum absolute atomic E-state index is 0.0395. The molecule has 2 aromatic carbocycles. The number of hydrogen-bond acceptors (Lipinski definition) is 6. The van der Waals surface area contributed by atoms with Gasteiger partial charge in [0, 0.05) is 0 Å². The highest BCUT2D eigenvalue weighted by Crippen LogP contribution is 2.56. The summed E-state index contributed by atoms with van der Waals surface area (Å²) in [7, 11) is 0. The fourth-order valence-corrected chi connectivity index (χ4v) is 3.75. The number of benzene rings is 2. The zero-order chi connectivity index (χ0) is 23.5. The topological polar surface area (TPSA) is 78.9 Å². The molecule has 4 rings (SSSR count). The molecule has 0 aliphatic carbocycles. The third kappa shape index (κ3) is 3.05. The molecular formula is C20H10F6O6. The van der Waals surface area contributed by atoms with Crippen molar-refractivity contribution in [3.8, 4) is 0 Å². The van der Waals surface area contributed by atoms with Crippen molar-refractivity contribution in [2.75, 3.05) is 6.79 Å². The maximum absolute atomic E-state index is 14.3. The van der Waals surface area contributed by atoms with E-state index in [0.717, 1.165) is 6.07 Å². The molecule has 0 amide bonds. The van der Waals surface area contributed by atoms with Gasteiger partial charge in [0.25, 0.3) is 0 Å². The lowest BCUT2D eigenvalue weighted by Gasteiger charge is -2.38. The van der Waals surface area contributed by atoms with E-state index in [4.69, 9.17) is 4.74 Å². The quantitative estimate of drug-likeness (QED) is 0.382. The van der Waals surface area contributed by atoms with E-state index in [-0.39, 0.29) is 12.2 Å². The summed E-state index contributed by atoms with van der Waals surface area (Å²) in [6.45, 7) is -0.785. The Hall–Kier alpha value is -3.41. The summed E-state index contributed by atoms with van der Waals surface area (Å²) in [5, 5.41) is 0. The van der Waals surface area contributed by atoms with Gasteiger partial charge in [0.15, 0.2) is 6.79 Å². The molecule has 2 aliphatic rings. The largest absolute Gasteiger partial charge is 0.435 e. The van der Waals surface area contributed by atoms with Crippen molar-refractivity contribution in [2.45, 2.75) is 24.4 Å². The van der Waals surface area contributed by atoms with Gasteiger partial charge in [-0.25, -0.2) is 14.4 Å². The predicted molar refractivity (Wildman–Crippen MR) is 90.6 cm³/mol. The first-order valence-electron chi connectivity index (χ1n) is 8.80. The molecule has 6 nitrogen and oxygen atoms in total. The number of esters is 3. The van der Waals surface area contributed by atoms with E-state index in [1.807, 2.05) is 0 Å². The molecule has 0 unspecified atom stereocenters. The van der Waals surface area contributed by atoms with Crippen LogP contribution >= 0.6 is 0 Å². The monoisotopic (exact) mass is 460 g/mol. The van der Waals surface area contributed by atoms with Crippen LogP contribution < -0.4 is 0 Å². The molecule has 2 aromatic rings. The summed E-state index contributed by atoms with van der Waals surface area (Å²) in [6, 6.07) is 3.39. The van der Waals surface area contributed by atoms with Gasteiger partial charge in [-0.2, -0.15) is 26.3 Å². The van der Waals surface area contributed by atoms with Crippen LogP contribution in [0.1, 0.15) is 47.8 Å². The molecule has 0 fully saturated rings. The average molecular weight is 460 g/mol. The van der Waals surface area contributed by atoms with Crippen LogP contribution in [-0.2, 0) is 26.2 Å². The minimum Gasteiger partial charge on any atom is -0.435 e. The maximum Gasteiger partial charge on any atom is 0.411 e. The van der Waals surface area contributed by atoms with Crippen molar-refractivity contribution in [2.24, 2.45) is 0 Å². The van der Waals surface area contributed by atoms with Crippen LogP contribution in [0.25, 0.3) is 0 Å². The van der Waals surface area contributed by atoms with Crippen molar-refractivity contribution in [3.63, 3.8) is 0 Å². The van der Waals surface area contributed by atoms with E-state index >= 15 is 0 Å². The zero-order valence-electron chi connectivity index (χ0n) is 15.6. The number of hydrogen-bond donors (Lipinski definition) is 0. The lowest BCUT2D eigenvalue weighted by molar-refractivity contribution is -0.288. The van der Waals surface area contributed by atoms with E-state index in [1.54, 1.807) is 0 Å². The molecule has 0 spiro atoms. The number of rotatable bonds is 2. The summed E-state index contributed by atoms with van der Waals surface area (Å²) in [6.07, 6.45) is -11.9. The second kappa shape index (κ2) is 7.05. The first kappa shape index (κ1) is 21.8. The molecule has 0 aromatic heterocycles. The van der Waals surface area contributed by atoms with Gasteiger partial charge in [0.2, 0.25) is 5.41 Å². The minimum atomic E-state index is -5.97. The number of carbonyl (C=O) groups is 3. The highest BCUT2D eigenvalue weighted by atomic mass is 19.4. The molecule has 0 atom stereocenters. The maximum atomic E-state index is 14.3. The normalized spacial score (nSPS) is 16.8. The van der Waals surface area contributed by atoms with Gasteiger partial charge in [-0.15, -0.1) is 0 Å².